The van der Waals surface area contributed by atoms with Crippen molar-refractivity contribution in [1.29, 1.82) is 0 Å². The van der Waals surface area contributed by atoms with Crippen molar-refractivity contribution in [1.82, 2.24) is 0 Å². The first-order valence-electron chi connectivity index (χ1n) is 9.67. The standard InChI is InChI=1S/C23H24N2O5/c1-3-28-21-13-7-6-12-20(21)25-22(26)16(2)30-23(27)18-10-4-5-11-19(18)24-15-17-9-8-14-29-17/h4-14,16,24H,3,15H2,1-2H3,(H,25,26)/t16-/m0/s1. The van der Waals surface area contributed by atoms with Gasteiger partial charge in [-0.25, -0.2) is 4.79 Å². The summed E-state index contributed by atoms with van der Waals surface area (Å²) in [5, 5.41) is 5.89. The van der Waals surface area contributed by atoms with Crippen LogP contribution < -0.4 is 15.4 Å². The SMILES string of the molecule is CCOc1ccccc1NC(=O)[C@H](C)OC(=O)c1ccccc1NCc1ccco1. The summed E-state index contributed by atoms with van der Waals surface area (Å²) >= 11 is 0. The van der Waals surface area contributed by atoms with Gasteiger partial charge in [-0.05, 0) is 50.2 Å². The zero-order chi connectivity index (χ0) is 21.3. The molecule has 156 valence electrons. The van der Waals surface area contributed by atoms with Gasteiger partial charge in [-0.3, -0.25) is 4.79 Å². The molecule has 1 heterocycles. The molecule has 0 fully saturated rings. The highest BCUT2D eigenvalue weighted by Crippen LogP contribution is 2.24. The van der Waals surface area contributed by atoms with Crippen molar-refractivity contribution in [2.24, 2.45) is 0 Å². The topological polar surface area (TPSA) is 89.8 Å². The maximum Gasteiger partial charge on any atom is 0.341 e. The Morgan fingerprint density at radius 1 is 1.00 bits per heavy atom. The highest BCUT2D eigenvalue weighted by atomic mass is 16.5. The lowest BCUT2D eigenvalue weighted by Gasteiger charge is -2.17. The Labute approximate surface area is 175 Å². The summed E-state index contributed by atoms with van der Waals surface area (Å²) in [6.07, 6.45) is 0.589. The van der Waals surface area contributed by atoms with E-state index in [1.165, 1.54) is 6.92 Å². The molecule has 2 aromatic carbocycles. The average molecular weight is 408 g/mol. The van der Waals surface area contributed by atoms with Gasteiger partial charge in [0.05, 0.1) is 30.7 Å². The molecule has 1 aromatic heterocycles. The molecule has 0 spiro atoms. The minimum Gasteiger partial charge on any atom is -0.492 e. The van der Waals surface area contributed by atoms with Crippen LogP contribution in [0.5, 0.6) is 5.75 Å². The Bertz CT molecular complexity index is 985. The number of para-hydroxylation sites is 3. The number of carbonyl (C=O) groups excluding carboxylic acids is 2. The lowest BCUT2D eigenvalue weighted by Crippen LogP contribution is -2.30. The highest BCUT2D eigenvalue weighted by Gasteiger charge is 2.21. The summed E-state index contributed by atoms with van der Waals surface area (Å²) in [5.74, 6) is 0.244. The molecule has 1 amide bonds. The molecule has 0 radical (unpaired) electrons. The number of rotatable bonds is 9. The quantitative estimate of drug-likeness (QED) is 0.508. The van der Waals surface area contributed by atoms with E-state index in [2.05, 4.69) is 10.6 Å². The number of benzene rings is 2. The molecule has 0 aliphatic heterocycles. The van der Waals surface area contributed by atoms with Gasteiger partial charge in [0.15, 0.2) is 6.10 Å². The van der Waals surface area contributed by atoms with Crippen LogP contribution in [0.1, 0.15) is 30.0 Å². The van der Waals surface area contributed by atoms with Crippen LogP contribution >= 0.6 is 0 Å². The monoisotopic (exact) mass is 408 g/mol. The fourth-order valence-electron chi connectivity index (χ4n) is 2.77. The molecule has 0 saturated heterocycles. The van der Waals surface area contributed by atoms with E-state index in [0.29, 0.717) is 35.8 Å². The van der Waals surface area contributed by atoms with E-state index in [9.17, 15) is 9.59 Å². The van der Waals surface area contributed by atoms with Crippen LogP contribution in [0.25, 0.3) is 0 Å². The van der Waals surface area contributed by atoms with Gasteiger partial charge >= 0.3 is 5.97 Å². The fraction of sp³-hybridized carbons (Fsp3) is 0.217. The number of ether oxygens (including phenoxy) is 2. The third kappa shape index (κ3) is 5.41. The summed E-state index contributed by atoms with van der Waals surface area (Å²) < 4.78 is 16.2. The van der Waals surface area contributed by atoms with E-state index in [1.54, 1.807) is 48.7 Å². The molecular formula is C23H24N2O5. The lowest BCUT2D eigenvalue weighted by molar-refractivity contribution is -0.123. The second-order valence-electron chi connectivity index (χ2n) is 6.44. The van der Waals surface area contributed by atoms with Crippen LogP contribution in [-0.2, 0) is 16.1 Å². The number of hydrogen-bond acceptors (Lipinski definition) is 6. The second kappa shape index (κ2) is 10.2. The number of amides is 1. The predicted octanol–water partition coefficient (Wildman–Crippen LogP) is 4.47. The van der Waals surface area contributed by atoms with Gasteiger partial charge in [0.2, 0.25) is 0 Å². The first-order valence-corrected chi connectivity index (χ1v) is 9.67. The van der Waals surface area contributed by atoms with Gasteiger partial charge < -0.3 is 24.5 Å². The molecule has 0 bridgehead atoms. The van der Waals surface area contributed by atoms with Crippen LogP contribution in [0, 0.1) is 0 Å². The number of anilines is 2. The number of carbonyl (C=O) groups is 2. The van der Waals surface area contributed by atoms with Crippen molar-refractivity contribution in [3.8, 4) is 5.75 Å². The molecule has 0 saturated carbocycles. The summed E-state index contributed by atoms with van der Waals surface area (Å²) in [6.45, 7) is 4.27. The van der Waals surface area contributed by atoms with E-state index in [1.807, 2.05) is 25.1 Å². The molecule has 7 nitrogen and oxygen atoms in total. The summed E-state index contributed by atoms with van der Waals surface area (Å²) in [5.41, 5.74) is 1.44. The van der Waals surface area contributed by atoms with E-state index >= 15 is 0 Å². The van der Waals surface area contributed by atoms with Crippen molar-refractivity contribution in [2.45, 2.75) is 26.5 Å². The molecule has 0 unspecified atom stereocenters. The number of nitrogens with one attached hydrogen (secondary N) is 2. The predicted molar refractivity (Wildman–Crippen MR) is 114 cm³/mol. The van der Waals surface area contributed by atoms with Gasteiger partial charge in [0.25, 0.3) is 5.91 Å². The van der Waals surface area contributed by atoms with Gasteiger partial charge in [-0.1, -0.05) is 24.3 Å². The molecule has 7 heteroatoms. The van der Waals surface area contributed by atoms with Crippen molar-refractivity contribution >= 4 is 23.3 Å². The van der Waals surface area contributed by atoms with E-state index < -0.39 is 18.0 Å². The maximum atomic E-state index is 12.7. The summed E-state index contributed by atoms with van der Waals surface area (Å²) in [7, 11) is 0. The zero-order valence-electron chi connectivity index (χ0n) is 16.9. The lowest BCUT2D eigenvalue weighted by atomic mass is 10.1. The van der Waals surface area contributed by atoms with E-state index in [4.69, 9.17) is 13.9 Å². The van der Waals surface area contributed by atoms with Gasteiger partial charge in [-0.2, -0.15) is 0 Å². The third-order valence-electron chi connectivity index (χ3n) is 4.28. The van der Waals surface area contributed by atoms with Gasteiger partial charge in [-0.15, -0.1) is 0 Å². The Hall–Kier alpha value is -3.74. The van der Waals surface area contributed by atoms with Crippen LogP contribution in [0.15, 0.2) is 71.3 Å². The number of esters is 1. The Morgan fingerprint density at radius 3 is 2.47 bits per heavy atom. The molecule has 2 N–H and O–H groups in total. The highest BCUT2D eigenvalue weighted by molar-refractivity contribution is 6.00. The van der Waals surface area contributed by atoms with E-state index in [0.717, 1.165) is 5.76 Å². The Balaban J connectivity index is 1.63. The minimum atomic E-state index is -0.995. The van der Waals surface area contributed by atoms with Crippen LogP contribution in [0.3, 0.4) is 0 Å². The van der Waals surface area contributed by atoms with Crippen molar-refractivity contribution in [3.63, 3.8) is 0 Å². The maximum absolute atomic E-state index is 12.7. The first kappa shape index (κ1) is 21.0. The molecule has 1 atom stereocenters. The van der Waals surface area contributed by atoms with Crippen LogP contribution in [0.2, 0.25) is 0 Å². The number of furan rings is 1. The smallest absolute Gasteiger partial charge is 0.341 e. The fourth-order valence-corrected chi connectivity index (χ4v) is 2.77. The zero-order valence-corrected chi connectivity index (χ0v) is 16.9. The molecule has 3 aromatic rings. The average Bonchev–Trinajstić information content (AvgIpc) is 3.27. The molecule has 0 aliphatic rings. The van der Waals surface area contributed by atoms with E-state index in [-0.39, 0.29) is 0 Å². The van der Waals surface area contributed by atoms with Crippen LogP contribution in [-0.4, -0.2) is 24.6 Å². The largest absolute Gasteiger partial charge is 0.492 e. The van der Waals surface area contributed by atoms with Gasteiger partial charge in [0, 0.05) is 5.69 Å². The summed E-state index contributed by atoms with van der Waals surface area (Å²) in [4.78, 5) is 25.2. The summed E-state index contributed by atoms with van der Waals surface area (Å²) in [6, 6.07) is 17.7. The van der Waals surface area contributed by atoms with Crippen molar-refractivity contribution in [2.75, 3.05) is 17.2 Å². The van der Waals surface area contributed by atoms with Crippen molar-refractivity contribution < 1.29 is 23.5 Å². The molecule has 3 rings (SSSR count). The van der Waals surface area contributed by atoms with Gasteiger partial charge in [0.1, 0.15) is 11.5 Å². The van der Waals surface area contributed by atoms with Crippen molar-refractivity contribution in [3.05, 3.63) is 78.3 Å². The molecule has 30 heavy (non-hydrogen) atoms. The normalized spacial score (nSPS) is 11.4. The molecular weight excluding hydrogens is 384 g/mol. The first-order chi connectivity index (χ1) is 14.6. The van der Waals surface area contributed by atoms with Crippen LogP contribution in [0.4, 0.5) is 11.4 Å². The molecule has 0 aliphatic carbocycles. The Kier molecular flexibility index (Phi) is 7.10. The third-order valence-corrected chi connectivity index (χ3v) is 4.28. The Morgan fingerprint density at radius 2 is 1.73 bits per heavy atom. The second-order valence-corrected chi connectivity index (χ2v) is 6.44. The number of hydrogen-bond donors (Lipinski definition) is 2. The minimum absolute atomic E-state index is 0.332.